The van der Waals surface area contributed by atoms with Crippen LogP contribution in [0.1, 0.15) is 27.0 Å². The highest BCUT2D eigenvalue weighted by Crippen LogP contribution is 2.16. The highest BCUT2D eigenvalue weighted by Gasteiger charge is 2.12. The molecule has 2 aromatic rings. The zero-order chi connectivity index (χ0) is 13.1. The van der Waals surface area contributed by atoms with Gasteiger partial charge in [0.1, 0.15) is 0 Å². The molecule has 98 valence electrons. The van der Waals surface area contributed by atoms with Crippen LogP contribution >= 0.6 is 0 Å². The Kier molecular flexibility index (Phi) is 3.33. The molecule has 1 aliphatic rings. The van der Waals surface area contributed by atoms with Crippen LogP contribution in [0.15, 0.2) is 41.2 Å². The molecule has 3 rings (SSSR count). The van der Waals surface area contributed by atoms with E-state index in [0.29, 0.717) is 12.1 Å². The third-order valence-corrected chi connectivity index (χ3v) is 3.39. The molecule has 0 radical (unpaired) electrons. The number of amides is 1. The Morgan fingerprint density at radius 3 is 3.11 bits per heavy atom. The molecule has 1 aliphatic heterocycles. The van der Waals surface area contributed by atoms with Gasteiger partial charge in [-0.25, -0.2) is 0 Å². The number of hydrogen-bond donors (Lipinski definition) is 2. The number of rotatable bonds is 3. The summed E-state index contributed by atoms with van der Waals surface area (Å²) in [5.74, 6) is -0.0467. The van der Waals surface area contributed by atoms with E-state index in [9.17, 15) is 4.79 Å². The van der Waals surface area contributed by atoms with Crippen molar-refractivity contribution in [1.29, 1.82) is 0 Å². The van der Waals surface area contributed by atoms with Gasteiger partial charge in [0.25, 0.3) is 5.91 Å². The molecule has 0 saturated carbocycles. The average molecular weight is 256 g/mol. The van der Waals surface area contributed by atoms with Gasteiger partial charge in [-0.2, -0.15) is 0 Å². The predicted molar refractivity (Wildman–Crippen MR) is 71.7 cm³/mol. The van der Waals surface area contributed by atoms with Gasteiger partial charge in [0.2, 0.25) is 0 Å². The molecule has 0 spiro atoms. The first-order valence-electron chi connectivity index (χ1n) is 6.45. The number of carbonyl (C=O) groups is 1. The van der Waals surface area contributed by atoms with E-state index in [1.54, 1.807) is 12.5 Å². The monoisotopic (exact) mass is 256 g/mol. The van der Waals surface area contributed by atoms with Crippen LogP contribution in [0.4, 0.5) is 0 Å². The summed E-state index contributed by atoms with van der Waals surface area (Å²) in [4.78, 5) is 12.1. The third kappa shape index (κ3) is 2.69. The molecular formula is C15H16N2O2. The second-order valence-corrected chi connectivity index (χ2v) is 4.72. The number of furan rings is 1. The molecule has 19 heavy (non-hydrogen) atoms. The minimum atomic E-state index is -0.0467. The van der Waals surface area contributed by atoms with Crippen LogP contribution in [0.3, 0.4) is 0 Å². The van der Waals surface area contributed by atoms with E-state index in [2.05, 4.69) is 16.7 Å². The highest BCUT2D eigenvalue weighted by molar-refractivity contribution is 5.94. The zero-order valence-corrected chi connectivity index (χ0v) is 10.6. The maximum atomic E-state index is 12.1. The van der Waals surface area contributed by atoms with Crippen molar-refractivity contribution in [3.8, 4) is 0 Å². The molecule has 1 aromatic carbocycles. The van der Waals surface area contributed by atoms with E-state index >= 15 is 0 Å². The smallest absolute Gasteiger partial charge is 0.251 e. The van der Waals surface area contributed by atoms with Crippen LogP contribution in [-0.2, 0) is 19.5 Å². The fourth-order valence-electron chi connectivity index (χ4n) is 2.30. The second-order valence-electron chi connectivity index (χ2n) is 4.72. The minimum Gasteiger partial charge on any atom is -0.472 e. The highest BCUT2D eigenvalue weighted by atomic mass is 16.3. The van der Waals surface area contributed by atoms with E-state index in [-0.39, 0.29) is 5.91 Å². The van der Waals surface area contributed by atoms with Gasteiger partial charge in [0, 0.05) is 24.2 Å². The molecule has 0 fully saturated rings. The van der Waals surface area contributed by atoms with Crippen molar-refractivity contribution in [2.75, 3.05) is 6.54 Å². The molecule has 4 heteroatoms. The lowest BCUT2D eigenvalue weighted by molar-refractivity contribution is 0.0950. The zero-order valence-electron chi connectivity index (χ0n) is 10.6. The van der Waals surface area contributed by atoms with Crippen molar-refractivity contribution in [2.45, 2.75) is 19.5 Å². The van der Waals surface area contributed by atoms with Crippen molar-refractivity contribution >= 4 is 5.91 Å². The Bertz CT molecular complexity index is 576. The topological polar surface area (TPSA) is 54.3 Å². The first-order chi connectivity index (χ1) is 9.33. The van der Waals surface area contributed by atoms with Gasteiger partial charge in [-0.1, -0.05) is 6.07 Å². The third-order valence-electron chi connectivity index (χ3n) is 3.39. The number of fused-ring (bicyclic) bond motifs is 1. The summed E-state index contributed by atoms with van der Waals surface area (Å²) in [5.41, 5.74) is 4.24. The molecule has 0 atom stereocenters. The van der Waals surface area contributed by atoms with Crippen molar-refractivity contribution in [3.05, 3.63) is 59.0 Å². The second kappa shape index (κ2) is 5.28. The molecule has 0 aliphatic carbocycles. The summed E-state index contributed by atoms with van der Waals surface area (Å²) in [5, 5.41) is 6.21. The molecule has 0 saturated heterocycles. The van der Waals surface area contributed by atoms with Gasteiger partial charge < -0.3 is 15.1 Å². The van der Waals surface area contributed by atoms with E-state index in [4.69, 9.17) is 4.42 Å². The average Bonchev–Trinajstić information content (AvgIpc) is 2.97. The molecule has 2 N–H and O–H groups in total. The van der Waals surface area contributed by atoms with Gasteiger partial charge in [-0.15, -0.1) is 0 Å². The van der Waals surface area contributed by atoms with Gasteiger partial charge >= 0.3 is 0 Å². The van der Waals surface area contributed by atoms with Gasteiger partial charge in [0.15, 0.2) is 0 Å². The Balaban J connectivity index is 1.69. The Labute approximate surface area is 111 Å². The first kappa shape index (κ1) is 12.0. The van der Waals surface area contributed by atoms with Crippen molar-refractivity contribution in [2.24, 2.45) is 0 Å². The maximum Gasteiger partial charge on any atom is 0.251 e. The summed E-state index contributed by atoms with van der Waals surface area (Å²) in [6.45, 7) is 2.35. The minimum absolute atomic E-state index is 0.0467. The molecule has 0 unspecified atom stereocenters. The van der Waals surface area contributed by atoms with E-state index in [0.717, 1.165) is 25.1 Å². The SMILES string of the molecule is O=C(NCc1ccoc1)c1ccc2c(c1)CNCC2. The normalized spacial score (nSPS) is 13.9. The molecule has 1 amide bonds. The summed E-state index contributed by atoms with van der Waals surface area (Å²) in [6.07, 6.45) is 4.27. The summed E-state index contributed by atoms with van der Waals surface area (Å²) in [6, 6.07) is 7.78. The number of carbonyl (C=O) groups excluding carboxylic acids is 1. The van der Waals surface area contributed by atoms with Crippen molar-refractivity contribution in [1.82, 2.24) is 10.6 Å². The lowest BCUT2D eigenvalue weighted by atomic mass is 9.98. The molecular weight excluding hydrogens is 240 g/mol. The van der Waals surface area contributed by atoms with E-state index in [1.807, 2.05) is 18.2 Å². The van der Waals surface area contributed by atoms with Gasteiger partial charge in [0.05, 0.1) is 12.5 Å². The first-order valence-corrected chi connectivity index (χ1v) is 6.45. The number of nitrogens with one attached hydrogen (secondary N) is 2. The van der Waals surface area contributed by atoms with Gasteiger partial charge in [-0.3, -0.25) is 4.79 Å². The fraction of sp³-hybridized carbons (Fsp3) is 0.267. The molecule has 4 nitrogen and oxygen atoms in total. The maximum absolute atomic E-state index is 12.1. The lowest BCUT2D eigenvalue weighted by Crippen LogP contribution is -2.26. The molecule has 1 aromatic heterocycles. The standard InChI is InChI=1S/C15H16N2O2/c18-15(17-8-11-4-6-19-10-11)13-2-1-12-3-5-16-9-14(12)7-13/h1-2,4,6-7,10,16H,3,5,8-9H2,(H,17,18). The fourth-order valence-corrected chi connectivity index (χ4v) is 2.30. The van der Waals surface area contributed by atoms with E-state index < -0.39 is 0 Å². The Morgan fingerprint density at radius 1 is 1.32 bits per heavy atom. The summed E-state index contributed by atoms with van der Waals surface area (Å²) in [7, 11) is 0. The van der Waals surface area contributed by atoms with Crippen LogP contribution in [0.5, 0.6) is 0 Å². The molecule has 0 bridgehead atoms. The van der Waals surface area contributed by atoms with Crippen molar-refractivity contribution < 1.29 is 9.21 Å². The predicted octanol–water partition coefficient (Wildman–Crippen LogP) is 1.86. The van der Waals surface area contributed by atoms with Crippen molar-refractivity contribution in [3.63, 3.8) is 0 Å². The summed E-state index contributed by atoms with van der Waals surface area (Å²) >= 11 is 0. The van der Waals surface area contributed by atoms with E-state index in [1.165, 1.54) is 11.1 Å². The van der Waals surface area contributed by atoms with Crippen LogP contribution in [-0.4, -0.2) is 12.5 Å². The summed E-state index contributed by atoms with van der Waals surface area (Å²) < 4.78 is 4.97. The quantitative estimate of drug-likeness (QED) is 0.881. The van der Waals surface area contributed by atoms with Crippen LogP contribution in [0.25, 0.3) is 0 Å². The largest absolute Gasteiger partial charge is 0.472 e. The lowest BCUT2D eigenvalue weighted by Gasteiger charge is -2.17. The van der Waals surface area contributed by atoms with Gasteiger partial charge in [-0.05, 0) is 42.3 Å². The Hall–Kier alpha value is -2.07. The Morgan fingerprint density at radius 2 is 2.26 bits per heavy atom. The van der Waals surface area contributed by atoms with Crippen LogP contribution in [0.2, 0.25) is 0 Å². The van der Waals surface area contributed by atoms with Crippen LogP contribution in [0, 0.1) is 0 Å². The molecule has 2 heterocycles. The number of hydrogen-bond acceptors (Lipinski definition) is 3. The number of benzene rings is 1. The van der Waals surface area contributed by atoms with Crippen LogP contribution < -0.4 is 10.6 Å².